The molecule has 4 atom stereocenters. The molecule has 2 aliphatic rings. The Morgan fingerprint density at radius 1 is 1.24 bits per heavy atom. The lowest BCUT2D eigenvalue weighted by atomic mass is 9.87. The smallest absolute Gasteiger partial charge is 0.338 e. The van der Waals surface area contributed by atoms with Gasteiger partial charge in [0.2, 0.25) is 5.28 Å². The number of aromatic nitrogens is 4. The first kappa shape index (κ1) is 23.0. The van der Waals surface area contributed by atoms with Gasteiger partial charge in [0.25, 0.3) is 0 Å². The molecule has 12 heteroatoms. The van der Waals surface area contributed by atoms with Gasteiger partial charge in [0.05, 0.1) is 17.1 Å². The third-order valence-electron chi connectivity index (χ3n) is 6.05. The molecular weight excluding hydrogens is 487 g/mol. The van der Waals surface area contributed by atoms with Gasteiger partial charge in [-0.25, -0.2) is 14.5 Å². The van der Waals surface area contributed by atoms with Gasteiger partial charge < -0.3 is 19.3 Å². The largest absolute Gasteiger partial charge is 0.459 e. The highest BCUT2D eigenvalue weighted by molar-refractivity contribution is 6.35. The number of esters is 2. The molecule has 2 fully saturated rings. The van der Waals surface area contributed by atoms with Crippen molar-refractivity contribution in [3.05, 3.63) is 52.5 Å². The second kappa shape index (κ2) is 8.77. The Kier molecular flexibility index (Phi) is 5.93. The molecule has 1 aromatic carbocycles. The van der Waals surface area contributed by atoms with E-state index < -0.39 is 36.0 Å². The van der Waals surface area contributed by atoms with Gasteiger partial charge in [-0.15, -0.1) is 0 Å². The van der Waals surface area contributed by atoms with Crippen LogP contribution >= 0.6 is 23.2 Å². The van der Waals surface area contributed by atoms with E-state index in [1.807, 2.05) is 0 Å². The van der Waals surface area contributed by atoms with Crippen molar-refractivity contribution in [1.82, 2.24) is 19.7 Å². The van der Waals surface area contributed by atoms with Crippen LogP contribution in [0.4, 0.5) is 0 Å². The number of rotatable bonds is 6. The summed E-state index contributed by atoms with van der Waals surface area (Å²) in [4.78, 5) is 32.6. The Morgan fingerprint density at radius 3 is 2.65 bits per heavy atom. The highest BCUT2D eigenvalue weighted by Gasteiger charge is 2.65. The number of nitrogens with zero attached hydrogens (tertiary/aromatic N) is 4. The number of carbonyl (C=O) groups excluding carboxylic acids is 2. The first-order valence-electron chi connectivity index (χ1n) is 10.6. The van der Waals surface area contributed by atoms with Crippen LogP contribution in [0.1, 0.15) is 36.4 Å². The number of hydrogen-bond acceptors (Lipinski definition) is 9. The van der Waals surface area contributed by atoms with Crippen LogP contribution in [0, 0.1) is 5.92 Å². The van der Waals surface area contributed by atoms with Crippen molar-refractivity contribution in [2.24, 2.45) is 5.92 Å². The van der Waals surface area contributed by atoms with E-state index in [-0.39, 0.29) is 28.6 Å². The zero-order valence-electron chi connectivity index (χ0n) is 17.9. The molecule has 1 aliphatic heterocycles. The Morgan fingerprint density at radius 2 is 1.97 bits per heavy atom. The lowest BCUT2D eigenvalue weighted by Crippen LogP contribution is -2.53. The van der Waals surface area contributed by atoms with E-state index in [9.17, 15) is 14.7 Å². The number of ether oxygens (including phenoxy) is 3. The molecule has 10 nitrogen and oxygen atoms in total. The number of carbonyl (C=O) groups is 2. The van der Waals surface area contributed by atoms with Crippen LogP contribution < -0.4 is 0 Å². The minimum absolute atomic E-state index is 0.0917. The predicted octanol–water partition coefficient (Wildman–Crippen LogP) is 2.96. The molecule has 0 bridgehead atoms. The maximum atomic E-state index is 12.5. The molecule has 0 unspecified atom stereocenters. The summed E-state index contributed by atoms with van der Waals surface area (Å²) in [5, 5.41) is 16.5. The highest BCUT2D eigenvalue weighted by Crippen LogP contribution is 2.52. The van der Waals surface area contributed by atoms with Gasteiger partial charge in [0.1, 0.15) is 23.5 Å². The molecule has 2 aromatic heterocycles. The average Bonchev–Trinajstić information content (AvgIpc) is 3.53. The highest BCUT2D eigenvalue weighted by atomic mass is 35.5. The Bertz CT molecular complexity index is 1250. The molecule has 3 aromatic rings. The van der Waals surface area contributed by atoms with Gasteiger partial charge in [-0.05, 0) is 42.5 Å². The summed E-state index contributed by atoms with van der Waals surface area (Å²) < 4.78 is 18.5. The average molecular weight is 507 g/mol. The molecule has 5 rings (SSSR count). The predicted molar refractivity (Wildman–Crippen MR) is 119 cm³/mol. The zero-order chi connectivity index (χ0) is 24.0. The van der Waals surface area contributed by atoms with Crippen molar-refractivity contribution in [2.75, 3.05) is 6.61 Å². The van der Waals surface area contributed by atoms with Crippen LogP contribution in [0.3, 0.4) is 0 Å². The van der Waals surface area contributed by atoms with E-state index in [1.165, 1.54) is 17.8 Å². The van der Waals surface area contributed by atoms with E-state index in [4.69, 9.17) is 37.4 Å². The van der Waals surface area contributed by atoms with Crippen molar-refractivity contribution in [1.29, 1.82) is 0 Å². The minimum atomic E-state index is -1.62. The van der Waals surface area contributed by atoms with Crippen LogP contribution in [0.25, 0.3) is 11.0 Å². The topological polar surface area (TPSA) is 126 Å². The van der Waals surface area contributed by atoms with E-state index in [2.05, 4.69) is 15.1 Å². The van der Waals surface area contributed by atoms with E-state index in [1.54, 1.807) is 30.3 Å². The monoisotopic (exact) mass is 506 g/mol. The third kappa shape index (κ3) is 4.00. The molecule has 3 heterocycles. The lowest BCUT2D eigenvalue weighted by Gasteiger charge is -2.33. The Balaban J connectivity index is 1.50. The van der Waals surface area contributed by atoms with Gasteiger partial charge in [0.15, 0.2) is 18.0 Å². The van der Waals surface area contributed by atoms with Crippen LogP contribution in [0.2, 0.25) is 10.4 Å². The fourth-order valence-electron chi connectivity index (χ4n) is 4.35. The van der Waals surface area contributed by atoms with Gasteiger partial charge in [-0.2, -0.15) is 10.1 Å². The number of hydrogen-bond donors (Lipinski definition) is 1. The third-order valence-corrected chi connectivity index (χ3v) is 6.51. The van der Waals surface area contributed by atoms with Gasteiger partial charge >= 0.3 is 11.9 Å². The fraction of sp³-hybridized carbons (Fsp3) is 0.409. The second-order valence-electron chi connectivity index (χ2n) is 8.28. The van der Waals surface area contributed by atoms with Crippen LogP contribution in [0.15, 0.2) is 36.5 Å². The molecule has 1 saturated heterocycles. The molecule has 178 valence electrons. The second-order valence-corrected chi connectivity index (χ2v) is 8.98. The molecule has 1 saturated carbocycles. The molecule has 34 heavy (non-hydrogen) atoms. The Labute approximate surface area is 203 Å². The van der Waals surface area contributed by atoms with Crippen molar-refractivity contribution >= 4 is 46.2 Å². The van der Waals surface area contributed by atoms with Gasteiger partial charge in [-0.1, -0.05) is 29.8 Å². The molecule has 0 amide bonds. The van der Waals surface area contributed by atoms with Crippen LogP contribution in [-0.2, 0) is 19.0 Å². The summed E-state index contributed by atoms with van der Waals surface area (Å²) in [6.45, 7) is 0.981. The SMILES string of the molecule is CC(=O)O[C@H]1[C@H](n2ncc3c(Cl)nc(Cl)nc32)O[C@H](COC(=O)c2ccccc2)[C@]1(O)C1CC1. The van der Waals surface area contributed by atoms with Crippen LogP contribution in [-0.4, -0.2) is 61.2 Å². The molecule has 1 aliphatic carbocycles. The first-order chi connectivity index (χ1) is 16.3. The lowest BCUT2D eigenvalue weighted by molar-refractivity contribution is -0.167. The normalized spacial score (nSPS) is 26.5. The molecular formula is C22H20Cl2N4O6. The van der Waals surface area contributed by atoms with Crippen molar-refractivity contribution < 1.29 is 28.9 Å². The van der Waals surface area contributed by atoms with Crippen molar-refractivity contribution in [3.8, 4) is 0 Å². The quantitative estimate of drug-likeness (QED) is 0.305. The standard InChI is InChI=1S/C22H20Cl2N4O6/c1-11(29)33-16-19(28-18-14(9-25-28)17(23)26-21(24)27-18)34-15(22(16,31)13-7-8-13)10-32-20(30)12-5-3-2-4-6-12/h2-6,9,13,15-16,19,31H,7-8,10H2,1H3/t15-,16+,19-,22-/m1/s1. The molecule has 1 N–H and O–H groups in total. The zero-order valence-corrected chi connectivity index (χ0v) is 19.4. The number of fused-ring (bicyclic) bond motifs is 1. The van der Waals surface area contributed by atoms with E-state index >= 15 is 0 Å². The summed E-state index contributed by atoms with van der Waals surface area (Å²) in [6, 6.07) is 8.47. The fourth-order valence-corrected chi connectivity index (χ4v) is 4.77. The van der Waals surface area contributed by atoms with E-state index in [0.29, 0.717) is 23.8 Å². The maximum absolute atomic E-state index is 12.5. The Hall–Kier alpha value is -2.79. The minimum Gasteiger partial charge on any atom is -0.459 e. The van der Waals surface area contributed by atoms with Gasteiger partial charge in [-0.3, -0.25) is 4.79 Å². The van der Waals surface area contributed by atoms with Crippen molar-refractivity contribution in [2.45, 2.75) is 43.8 Å². The summed E-state index contributed by atoms with van der Waals surface area (Å²) >= 11 is 12.2. The first-order valence-corrected chi connectivity index (χ1v) is 11.4. The van der Waals surface area contributed by atoms with Crippen molar-refractivity contribution in [3.63, 3.8) is 0 Å². The summed E-state index contributed by atoms with van der Waals surface area (Å²) in [6.07, 6.45) is -0.376. The van der Waals surface area contributed by atoms with Gasteiger partial charge in [0, 0.05) is 6.92 Å². The summed E-state index contributed by atoms with van der Waals surface area (Å²) in [5.74, 6) is -1.39. The number of benzene rings is 1. The van der Waals surface area contributed by atoms with Crippen LogP contribution in [0.5, 0.6) is 0 Å². The van der Waals surface area contributed by atoms with E-state index in [0.717, 1.165) is 0 Å². The number of halogens is 2. The summed E-state index contributed by atoms with van der Waals surface area (Å²) in [5.41, 5.74) is -1.01. The molecule has 0 spiro atoms. The maximum Gasteiger partial charge on any atom is 0.338 e. The molecule has 0 radical (unpaired) electrons. The summed E-state index contributed by atoms with van der Waals surface area (Å²) in [7, 11) is 0. The number of aliphatic hydroxyl groups is 1.